The Kier molecular flexibility index (Phi) is 3.32. The summed E-state index contributed by atoms with van der Waals surface area (Å²) in [5.41, 5.74) is 0. The van der Waals surface area contributed by atoms with Crippen LogP contribution in [0.15, 0.2) is 24.8 Å². The van der Waals surface area contributed by atoms with Gasteiger partial charge in [0, 0.05) is 38.2 Å². The van der Waals surface area contributed by atoms with Crippen molar-refractivity contribution >= 4 is 6.20 Å². The Bertz CT molecular complexity index is 276. The molecule has 4 nitrogen and oxygen atoms in total. The van der Waals surface area contributed by atoms with Gasteiger partial charge in [0.2, 0.25) is 0 Å². The van der Waals surface area contributed by atoms with Crippen molar-refractivity contribution in [2.24, 2.45) is 0 Å². The van der Waals surface area contributed by atoms with Crippen LogP contribution >= 0.6 is 0 Å². The number of rotatable bonds is 3. The van der Waals surface area contributed by atoms with Crippen molar-refractivity contribution in [3.63, 3.8) is 0 Å². The molecule has 1 aliphatic rings. The van der Waals surface area contributed by atoms with Crippen LogP contribution in [0.5, 0.6) is 0 Å². The molecule has 4 heteroatoms. The highest BCUT2D eigenvalue weighted by Gasteiger charge is 2.07. The maximum Gasteiger partial charge on any atom is 0.0986 e. The zero-order valence-corrected chi connectivity index (χ0v) is 8.17. The van der Waals surface area contributed by atoms with Gasteiger partial charge in [0.1, 0.15) is 0 Å². The second kappa shape index (κ2) is 4.93. The summed E-state index contributed by atoms with van der Waals surface area (Å²) < 4.78 is 7.22. The fourth-order valence-electron chi connectivity index (χ4n) is 1.46. The SMILES string of the molecule is C(=C\n1ccnc1)/CN1CCOCC1. The van der Waals surface area contributed by atoms with Crippen LogP contribution in [0.4, 0.5) is 0 Å². The highest BCUT2D eigenvalue weighted by Crippen LogP contribution is 1.97. The Morgan fingerprint density at radius 1 is 1.36 bits per heavy atom. The van der Waals surface area contributed by atoms with Gasteiger partial charge >= 0.3 is 0 Å². The highest BCUT2D eigenvalue weighted by atomic mass is 16.5. The molecule has 1 aliphatic heterocycles. The third kappa shape index (κ3) is 2.68. The van der Waals surface area contributed by atoms with Crippen LogP contribution in [0.1, 0.15) is 0 Å². The first-order chi connectivity index (χ1) is 6.95. The summed E-state index contributed by atoms with van der Waals surface area (Å²) in [5, 5.41) is 0. The molecule has 1 aromatic heterocycles. The molecule has 2 heterocycles. The van der Waals surface area contributed by atoms with Crippen molar-refractivity contribution in [1.82, 2.24) is 14.5 Å². The first kappa shape index (κ1) is 9.43. The van der Waals surface area contributed by atoms with E-state index >= 15 is 0 Å². The quantitative estimate of drug-likeness (QED) is 0.707. The van der Waals surface area contributed by atoms with Crippen LogP contribution in [-0.4, -0.2) is 47.3 Å². The van der Waals surface area contributed by atoms with E-state index in [-0.39, 0.29) is 0 Å². The molecule has 14 heavy (non-hydrogen) atoms. The van der Waals surface area contributed by atoms with E-state index in [1.165, 1.54) is 0 Å². The molecular weight excluding hydrogens is 178 g/mol. The van der Waals surface area contributed by atoms with Gasteiger partial charge < -0.3 is 9.30 Å². The molecule has 1 fully saturated rings. The van der Waals surface area contributed by atoms with Gasteiger partial charge in [-0.1, -0.05) is 6.08 Å². The van der Waals surface area contributed by atoms with Crippen molar-refractivity contribution in [3.8, 4) is 0 Å². The third-order valence-corrected chi connectivity index (χ3v) is 2.27. The predicted octanol–water partition coefficient (Wildman–Crippen LogP) is 0.686. The van der Waals surface area contributed by atoms with Gasteiger partial charge in [0.05, 0.1) is 19.5 Å². The number of aromatic nitrogens is 2. The standard InChI is InChI=1S/C10H15N3O/c1(4-13-5-2-11-10-13)3-12-6-8-14-9-7-12/h1-2,4-5,10H,3,6-9H2/b4-1+. The predicted molar refractivity (Wildman–Crippen MR) is 54.8 cm³/mol. The summed E-state index contributed by atoms with van der Waals surface area (Å²) >= 11 is 0. The summed E-state index contributed by atoms with van der Waals surface area (Å²) in [7, 11) is 0. The number of morpholine rings is 1. The van der Waals surface area contributed by atoms with E-state index in [2.05, 4.69) is 16.0 Å². The molecule has 0 bridgehead atoms. The van der Waals surface area contributed by atoms with Gasteiger partial charge in [0.25, 0.3) is 0 Å². The maximum atomic E-state index is 5.27. The van der Waals surface area contributed by atoms with Gasteiger partial charge in [-0.05, 0) is 0 Å². The van der Waals surface area contributed by atoms with Gasteiger partial charge in [-0.2, -0.15) is 0 Å². The third-order valence-electron chi connectivity index (χ3n) is 2.27. The molecule has 0 aliphatic carbocycles. The van der Waals surface area contributed by atoms with Crippen molar-refractivity contribution in [3.05, 3.63) is 24.8 Å². The fraction of sp³-hybridized carbons (Fsp3) is 0.500. The van der Waals surface area contributed by atoms with Crippen LogP contribution in [0.25, 0.3) is 6.20 Å². The van der Waals surface area contributed by atoms with E-state index < -0.39 is 0 Å². The fourth-order valence-corrected chi connectivity index (χ4v) is 1.46. The maximum absolute atomic E-state index is 5.27. The number of hydrogen-bond acceptors (Lipinski definition) is 3. The summed E-state index contributed by atoms with van der Waals surface area (Å²) in [6, 6.07) is 0. The number of hydrogen-bond donors (Lipinski definition) is 0. The molecule has 76 valence electrons. The van der Waals surface area contributed by atoms with Gasteiger partial charge in [-0.3, -0.25) is 4.90 Å². The zero-order valence-electron chi connectivity index (χ0n) is 8.17. The lowest BCUT2D eigenvalue weighted by atomic mass is 10.4. The summed E-state index contributed by atoms with van der Waals surface area (Å²) in [5.74, 6) is 0. The van der Waals surface area contributed by atoms with Gasteiger partial charge in [0.15, 0.2) is 0 Å². The summed E-state index contributed by atoms with van der Waals surface area (Å²) in [6.07, 6.45) is 9.67. The molecule has 0 atom stereocenters. The Labute approximate surface area is 83.8 Å². The van der Waals surface area contributed by atoms with E-state index in [1.807, 2.05) is 17.0 Å². The largest absolute Gasteiger partial charge is 0.379 e. The van der Waals surface area contributed by atoms with Crippen molar-refractivity contribution in [1.29, 1.82) is 0 Å². The molecule has 0 unspecified atom stereocenters. The highest BCUT2D eigenvalue weighted by molar-refractivity contribution is 5.21. The van der Waals surface area contributed by atoms with Crippen molar-refractivity contribution in [2.45, 2.75) is 0 Å². The Hall–Kier alpha value is -1.13. The topological polar surface area (TPSA) is 30.3 Å². The minimum absolute atomic E-state index is 0.860. The van der Waals surface area contributed by atoms with E-state index in [0.717, 1.165) is 32.8 Å². The molecule has 1 aromatic rings. The average molecular weight is 193 g/mol. The number of imidazole rings is 1. The van der Waals surface area contributed by atoms with Crippen LogP contribution in [0.2, 0.25) is 0 Å². The Morgan fingerprint density at radius 2 is 2.21 bits per heavy atom. The van der Waals surface area contributed by atoms with Gasteiger partial charge in [-0.15, -0.1) is 0 Å². The first-order valence-electron chi connectivity index (χ1n) is 4.89. The molecule has 0 radical (unpaired) electrons. The zero-order chi connectivity index (χ0) is 9.64. The number of ether oxygens (including phenoxy) is 1. The minimum Gasteiger partial charge on any atom is -0.379 e. The molecule has 0 amide bonds. The second-order valence-corrected chi connectivity index (χ2v) is 3.31. The molecule has 0 saturated carbocycles. The van der Waals surface area contributed by atoms with E-state index in [4.69, 9.17) is 4.74 Å². The lowest BCUT2D eigenvalue weighted by Gasteiger charge is -2.25. The lowest BCUT2D eigenvalue weighted by Crippen LogP contribution is -2.36. The minimum atomic E-state index is 0.860. The Balaban J connectivity index is 1.76. The first-order valence-corrected chi connectivity index (χ1v) is 4.89. The molecule has 0 spiro atoms. The van der Waals surface area contributed by atoms with Crippen LogP contribution in [0, 0.1) is 0 Å². The normalized spacial score (nSPS) is 19.1. The summed E-state index contributed by atoms with van der Waals surface area (Å²) in [6.45, 7) is 4.78. The van der Waals surface area contributed by atoms with Crippen LogP contribution < -0.4 is 0 Å². The number of nitrogens with zero attached hydrogens (tertiary/aromatic N) is 3. The lowest BCUT2D eigenvalue weighted by molar-refractivity contribution is 0.0435. The van der Waals surface area contributed by atoms with Crippen molar-refractivity contribution in [2.75, 3.05) is 32.8 Å². The average Bonchev–Trinajstić information content (AvgIpc) is 2.72. The summed E-state index contributed by atoms with van der Waals surface area (Å²) in [4.78, 5) is 6.34. The van der Waals surface area contributed by atoms with Crippen molar-refractivity contribution < 1.29 is 4.74 Å². The second-order valence-electron chi connectivity index (χ2n) is 3.31. The van der Waals surface area contributed by atoms with E-state index in [9.17, 15) is 0 Å². The molecule has 0 N–H and O–H groups in total. The molecule has 2 rings (SSSR count). The monoisotopic (exact) mass is 193 g/mol. The van der Waals surface area contributed by atoms with E-state index in [1.54, 1.807) is 12.5 Å². The van der Waals surface area contributed by atoms with Gasteiger partial charge in [-0.25, -0.2) is 4.98 Å². The van der Waals surface area contributed by atoms with E-state index in [0.29, 0.717) is 0 Å². The smallest absolute Gasteiger partial charge is 0.0986 e. The Morgan fingerprint density at radius 3 is 2.93 bits per heavy atom. The molecule has 1 saturated heterocycles. The molecular formula is C10H15N3O. The van der Waals surface area contributed by atoms with Crippen LogP contribution in [0.3, 0.4) is 0 Å². The molecule has 0 aromatic carbocycles. The van der Waals surface area contributed by atoms with Crippen LogP contribution in [-0.2, 0) is 4.74 Å².